The van der Waals surface area contributed by atoms with Gasteiger partial charge in [0, 0.05) is 18.2 Å². The lowest BCUT2D eigenvalue weighted by Gasteiger charge is -2.22. The third-order valence-corrected chi connectivity index (χ3v) is 2.24. The molecule has 0 saturated carbocycles. The van der Waals surface area contributed by atoms with Gasteiger partial charge in [0.1, 0.15) is 11.5 Å². The molecule has 0 aliphatic carbocycles. The quantitative estimate of drug-likeness (QED) is 0.248. The van der Waals surface area contributed by atoms with Crippen LogP contribution in [0.3, 0.4) is 0 Å². The summed E-state index contributed by atoms with van der Waals surface area (Å²) in [5.74, 6) is -0.214. The van der Waals surface area contributed by atoms with Gasteiger partial charge in [-0.15, -0.1) is 0 Å². The molecular weight excluding hydrogens is 210 g/mol. The number of nitrogens with zero attached hydrogens (tertiary/aromatic N) is 2. The normalized spacial score (nSPS) is 12.5. The summed E-state index contributed by atoms with van der Waals surface area (Å²) in [4.78, 5) is 11.5. The van der Waals surface area contributed by atoms with Crippen LogP contribution in [0.1, 0.15) is 24.3 Å². The van der Waals surface area contributed by atoms with Gasteiger partial charge < -0.3 is 16.3 Å². The SMILES string of the molecule is CC(C)(CNC(=O)c1ccn[nH]1)/C(N)=N/O. The predicted molar refractivity (Wildman–Crippen MR) is 58.1 cm³/mol. The molecule has 88 valence electrons. The molecule has 1 amide bonds. The van der Waals surface area contributed by atoms with E-state index < -0.39 is 5.41 Å². The lowest BCUT2D eigenvalue weighted by molar-refractivity contribution is 0.0939. The van der Waals surface area contributed by atoms with Crippen molar-refractivity contribution in [2.75, 3.05) is 6.54 Å². The van der Waals surface area contributed by atoms with E-state index in [1.807, 2.05) is 0 Å². The third-order valence-electron chi connectivity index (χ3n) is 2.24. The Bertz CT molecular complexity index is 383. The second kappa shape index (κ2) is 4.65. The third kappa shape index (κ3) is 2.72. The molecule has 0 atom stereocenters. The van der Waals surface area contributed by atoms with Gasteiger partial charge in [0.2, 0.25) is 0 Å². The fourth-order valence-electron chi connectivity index (χ4n) is 1.00. The molecule has 0 unspecified atom stereocenters. The first-order valence-corrected chi connectivity index (χ1v) is 4.73. The first kappa shape index (κ1) is 12.0. The number of carbonyl (C=O) groups is 1. The Morgan fingerprint density at radius 1 is 1.75 bits per heavy atom. The van der Waals surface area contributed by atoms with Crippen LogP contribution in [0, 0.1) is 5.41 Å². The molecule has 7 heteroatoms. The summed E-state index contributed by atoms with van der Waals surface area (Å²) in [7, 11) is 0. The highest BCUT2D eigenvalue weighted by Crippen LogP contribution is 2.13. The van der Waals surface area contributed by atoms with Gasteiger partial charge in [-0.1, -0.05) is 19.0 Å². The average molecular weight is 225 g/mol. The van der Waals surface area contributed by atoms with Gasteiger partial charge in [-0.3, -0.25) is 9.89 Å². The van der Waals surface area contributed by atoms with E-state index in [0.717, 1.165) is 0 Å². The molecule has 16 heavy (non-hydrogen) atoms. The molecule has 0 bridgehead atoms. The molecule has 0 aliphatic heterocycles. The topological polar surface area (TPSA) is 116 Å². The number of nitrogens with two attached hydrogens (primary N) is 1. The minimum Gasteiger partial charge on any atom is -0.409 e. The Hall–Kier alpha value is -2.05. The summed E-state index contributed by atoms with van der Waals surface area (Å²) < 4.78 is 0. The van der Waals surface area contributed by atoms with Crippen molar-refractivity contribution >= 4 is 11.7 Å². The van der Waals surface area contributed by atoms with E-state index in [4.69, 9.17) is 10.9 Å². The number of amidine groups is 1. The maximum Gasteiger partial charge on any atom is 0.269 e. The highest BCUT2D eigenvalue weighted by atomic mass is 16.4. The Morgan fingerprint density at radius 2 is 2.44 bits per heavy atom. The molecule has 0 aromatic carbocycles. The number of hydrogen-bond donors (Lipinski definition) is 4. The standard InChI is InChI=1S/C9H15N5O2/c1-9(2,8(10)14-16)5-11-7(15)6-3-4-12-13-6/h3-4,16H,5H2,1-2H3,(H2,10,14)(H,11,15)(H,12,13). The number of H-pyrrole nitrogens is 1. The summed E-state index contributed by atoms with van der Waals surface area (Å²) in [6.07, 6.45) is 1.49. The molecule has 0 saturated heterocycles. The minimum atomic E-state index is -0.607. The molecule has 5 N–H and O–H groups in total. The monoisotopic (exact) mass is 225 g/mol. The van der Waals surface area contributed by atoms with Crippen molar-refractivity contribution in [3.63, 3.8) is 0 Å². The van der Waals surface area contributed by atoms with Crippen LogP contribution in [0.25, 0.3) is 0 Å². The van der Waals surface area contributed by atoms with Crippen molar-refractivity contribution in [2.24, 2.45) is 16.3 Å². The Kier molecular flexibility index (Phi) is 3.49. The molecule has 0 fully saturated rings. The Morgan fingerprint density at radius 3 is 2.94 bits per heavy atom. The van der Waals surface area contributed by atoms with E-state index in [9.17, 15) is 4.79 Å². The van der Waals surface area contributed by atoms with E-state index in [1.54, 1.807) is 19.9 Å². The zero-order chi connectivity index (χ0) is 12.2. The van der Waals surface area contributed by atoms with Crippen molar-refractivity contribution in [2.45, 2.75) is 13.8 Å². The zero-order valence-electron chi connectivity index (χ0n) is 9.19. The maximum atomic E-state index is 11.5. The van der Waals surface area contributed by atoms with Crippen LogP contribution in [0.2, 0.25) is 0 Å². The number of oxime groups is 1. The summed E-state index contributed by atoms with van der Waals surface area (Å²) in [5.41, 5.74) is 5.25. The number of hydrogen-bond acceptors (Lipinski definition) is 4. The molecule has 1 rings (SSSR count). The second-order valence-electron chi connectivity index (χ2n) is 4.02. The van der Waals surface area contributed by atoms with Crippen LogP contribution >= 0.6 is 0 Å². The maximum absolute atomic E-state index is 11.5. The Balaban J connectivity index is 2.55. The summed E-state index contributed by atoms with van der Waals surface area (Å²) in [5, 5.41) is 20.3. The summed E-state index contributed by atoms with van der Waals surface area (Å²) in [6.45, 7) is 3.78. The first-order chi connectivity index (χ1) is 7.47. The van der Waals surface area contributed by atoms with Crippen molar-refractivity contribution in [1.82, 2.24) is 15.5 Å². The first-order valence-electron chi connectivity index (χ1n) is 4.73. The van der Waals surface area contributed by atoms with E-state index >= 15 is 0 Å². The molecule has 0 spiro atoms. The van der Waals surface area contributed by atoms with Gasteiger partial charge in [-0.05, 0) is 6.07 Å². The lowest BCUT2D eigenvalue weighted by atomic mass is 9.92. The summed E-state index contributed by atoms with van der Waals surface area (Å²) >= 11 is 0. The van der Waals surface area contributed by atoms with Gasteiger partial charge in [-0.2, -0.15) is 5.10 Å². The van der Waals surface area contributed by atoms with Crippen molar-refractivity contribution < 1.29 is 10.0 Å². The van der Waals surface area contributed by atoms with Gasteiger partial charge in [0.25, 0.3) is 5.91 Å². The van der Waals surface area contributed by atoms with Crippen LogP contribution in [0.15, 0.2) is 17.4 Å². The number of aromatic nitrogens is 2. The number of carbonyl (C=O) groups excluding carboxylic acids is 1. The second-order valence-corrected chi connectivity index (χ2v) is 4.02. The van der Waals surface area contributed by atoms with Gasteiger partial charge >= 0.3 is 0 Å². The van der Waals surface area contributed by atoms with E-state index in [2.05, 4.69) is 20.7 Å². The number of aromatic amines is 1. The molecule has 7 nitrogen and oxygen atoms in total. The lowest BCUT2D eigenvalue weighted by Crippen LogP contribution is -2.42. The minimum absolute atomic E-state index is 0.0670. The highest BCUT2D eigenvalue weighted by molar-refractivity contribution is 5.93. The highest BCUT2D eigenvalue weighted by Gasteiger charge is 2.24. The molecule has 0 radical (unpaired) electrons. The van der Waals surface area contributed by atoms with E-state index in [-0.39, 0.29) is 18.3 Å². The zero-order valence-corrected chi connectivity index (χ0v) is 9.19. The van der Waals surface area contributed by atoms with Crippen LogP contribution in [-0.2, 0) is 0 Å². The predicted octanol–water partition coefficient (Wildman–Crippen LogP) is -0.0879. The average Bonchev–Trinajstić information content (AvgIpc) is 2.78. The number of rotatable bonds is 4. The largest absolute Gasteiger partial charge is 0.409 e. The molecule has 1 heterocycles. The van der Waals surface area contributed by atoms with Crippen molar-refractivity contribution in [3.05, 3.63) is 18.0 Å². The van der Waals surface area contributed by atoms with Crippen LogP contribution in [-0.4, -0.2) is 33.7 Å². The van der Waals surface area contributed by atoms with Crippen molar-refractivity contribution in [1.29, 1.82) is 0 Å². The van der Waals surface area contributed by atoms with Crippen LogP contribution in [0.5, 0.6) is 0 Å². The van der Waals surface area contributed by atoms with Crippen molar-refractivity contribution in [3.8, 4) is 0 Å². The molecular formula is C9H15N5O2. The molecule has 1 aromatic rings. The smallest absolute Gasteiger partial charge is 0.269 e. The molecule has 1 aromatic heterocycles. The fourth-order valence-corrected chi connectivity index (χ4v) is 1.00. The van der Waals surface area contributed by atoms with Crippen LogP contribution < -0.4 is 11.1 Å². The van der Waals surface area contributed by atoms with Gasteiger partial charge in [0.15, 0.2) is 0 Å². The van der Waals surface area contributed by atoms with E-state index in [0.29, 0.717) is 5.69 Å². The summed E-state index contributed by atoms with van der Waals surface area (Å²) in [6, 6.07) is 1.56. The molecule has 0 aliphatic rings. The number of nitrogens with one attached hydrogen (secondary N) is 2. The van der Waals surface area contributed by atoms with Crippen LogP contribution in [0.4, 0.5) is 0 Å². The fraction of sp³-hybridized carbons (Fsp3) is 0.444. The Labute approximate surface area is 92.7 Å². The van der Waals surface area contributed by atoms with Gasteiger partial charge in [0.05, 0.1) is 0 Å². The van der Waals surface area contributed by atoms with Gasteiger partial charge in [-0.25, -0.2) is 0 Å². The van der Waals surface area contributed by atoms with E-state index in [1.165, 1.54) is 6.20 Å². The number of amides is 1.